The number of rotatable bonds is 2. The van der Waals surface area contributed by atoms with E-state index in [1.54, 1.807) is 6.07 Å². The summed E-state index contributed by atoms with van der Waals surface area (Å²) in [5, 5.41) is 3.38. The molecule has 2 heterocycles. The van der Waals surface area contributed by atoms with E-state index in [2.05, 4.69) is 10.3 Å². The van der Waals surface area contributed by atoms with Crippen LogP contribution in [0.3, 0.4) is 0 Å². The van der Waals surface area contributed by atoms with E-state index in [4.69, 9.17) is 0 Å². The molecule has 1 aromatic heterocycles. The standard InChI is InChI=1S/C15H14F2N2/c16-11-7-6-10(9-12(11)17)13-3-1-4-15(19-13)14-5-2-8-18-14/h1,3-4,6-7,9,14,18H,2,5,8H2/t14-/m0/s1. The highest BCUT2D eigenvalue weighted by Crippen LogP contribution is 2.25. The van der Waals surface area contributed by atoms with Crippen molar-refractivity contribution in [3.63, 3.8) is 0 Å². The number of pyridine rings is 1. The van der Waals surface area contributed by atoms with Gasteiger partial charge in [0, 0.05) is 11.6 Å². The summed E-state index contributed by atoms with van der Waals surface area (Å²) in [4.78, 5) is 4.54. The molecule has 1 aromatic carbocycles. The van der Waals surface area contributed by atoms with Crippen molar-refractivity contribution in [1.29, 1.82) is 0 Å². The van der Waals surface area contributed by atoms with Crippen molar-refractivity contribution in [2.75, 3.05) is 6.54 Å². The minimum atomic E-state index is -0.844. The Hall–Kier alpha value is -1.81. The Morgan fingerprint density at radius 3 is 2.74 bits per heavy atom. The largest absolute Gasteiger partial charge is 0.309 e. The number of nitrogens with zero attached hydrogens (tertiary/aromatic N) is 1. The topological polar surface area (TPSA) is 24.9 Å². The Labute approximate surface area is 110 Å². The molecule has 1 saturated heterocycles. The third kappa shape index (κ3) is 2.49. The van der Waals surface area contributed by atoms with Crippen LogP contribution in [-0.2, 0) is 0 Å². The van der Waals surface area contributed by atoms with Crippen LogP contribution in [0, 0.1) is 11.6 Å². The maximum Gasteiger partial charge on any atom is 0.159 e. The van der Waals surface area contributed by atoms with Gasteiger partial charge in [0.1, 0.15) is 0 Å². The van der Waals surface area contributed by atoms with E-state index in [1.165, 1.54) is 6.07 Å². The van der Waals surface area contributed by atoms with Crippen LogP contribution < -0.4 is 5.32 Å². The van der Waals surface area contributed by atoms with Gasteiger partial charge in [-0.3, -0.25) is 4.98 Å². The molecule has 2 aromatic rings. The molecular weight excluding hydrogens is 246 g/mol. The lowest BCUT2D eigenvalue weighted by atomic mass is 10.1. The molecule has 0 saturated carbocycles. The van der Waals surface area contributed by atoms with Crippen LogP contribution in [-0.4, -0.2) is 11.5 Å². The van der Waals surface area contributed by atoms with Crippen molar-refractivity contribution in [3.05, 3.63) is 53.7 Å². The molecule has 4 heteroatoms. The average molecular weight is 260 g/mol. The molecule has 98 valence electrons. The number of nitrogens with one attached hydrogen (secondary N) is 1. The van der Waals surface area contributed by atoms with Gasteiger partial charge < -0.3 is 5.32 Å². The highest BCUT2D eigenvalue weighted by atomic mass is 19.2. The number of hydrogen-bond donors (Lipinski definition) is 1. The summed E-state index contributed by atoms with van der Waals surface area (Å²) in [6.07, 6.45) is 2.20. The van der Waals surface area contributed by atoms with E-state index >= 15 is 0 Å². The lowest BCUT2D eigenvalue weighted by Crippen LogP contribution is -2.14. The van der Waals surface area contributed by atoms with Crippen LogP contribution in [0.5, 0.6) is 0 Å². The second kappa shape index (κ2) is 5.05. The summed E-state index contributed by atoms with van der Waals surface area (Å²) in [6, 6.07) is 9.81. The second-order valence-corrected chi connectivity index (χ2v) is 4.73. The molecule has 0 aliphatic carbocycles. The maximum absolute atomic E-state index is 13.3. The maximum atomic E-state index is 13.3. The van der Waals surface area contributed by atoms with Crippen LogP contribution >= 0.6 is 0 Å². The molecule has 0 spiro atoms. The van der Waals surface area contributed by atoms with E-state index in [0.717, 1.165) is 31.1 Å². The highest BCUT2D eigenvalue weighted by Gasteiger charge is 2.17. The second-order valence-electron chi connectivity index (χ2n) is 4.73. The molecule has 0 bridgehead atoms. The van der Waals surface area contributed by atoms with Gasteiger partial charge in [0.2, 0.25) is 0 Å². The van der Waals surface area contributed by atoms with Crippen molar-refractivity contribution < 1.29 is 8.78 Å². The highest BCUT2D eigenvalue weighted by molar-refractivity contribution is 5.59. The Morgan fingerprint density at radius 2 is 2.00 bits per heavy atom. The van der Waals surface area contributed by atoms with Gasteiger partial charge in [-0.05, 0) is 49.7 Å². The first-order chi connectivity index (χ1) is 9.24. The minimum absolute atomic E-state index is 0.269. The molecule has 0 amide bonds. The minimum Gasteiger partial charge on any atom is -0.309 e. The Bertz CT molecular complexity index is 592. The summed E-state index contributed by atoms with van der Waals surface area (Å²) in [7, 11) is 0. The van der Waals surface area contributed by atoms with Crippen molar-refractivity contribution in [3.8, 4) is 11.3 Å². The fraction of sp³-hybridized carbons (Fsp3) is 0.267. The first kappa shape index (κ1) is 12.2. The first-order valence-electron chi connectivity index (χ1n) is 6.40. The molecule has 1 atom stereocenters. The van der Waals surface area contributed by atoms with E-state index in [0.29, 0.717) is 11.3 Å². The SMILES string of the molecule is Fc1ccc(-c2cccc([C@@H]3CCCN3)n2)cc1F. The van der Waals surface area contributed by atoms with Gasteiger partial charge in [-0.1, -0.05) is 6.07 Å². The molecule has 1 aliphatic heterocycles. The molecule has 2 nitrogen and oxygen atoms in total. The van der Waals surface area contributed by atoms with E-state index in [9.17, 15) is 8.78 Å². The fourth-order valence-electron chi connectivity index (χ4n) is 2.40. The number of hydrogen-bond acceptors (Lipinski definition) is 2. The summed E-state index contributed by atoms with van der Waals surface area (Å²) < 4.78 is 26.2. The zero-order valence-corrected chi connectivity index (χ0v) is 10.4. The molecule has 19 heavy (non-hydrogen) atoms. The molecule has 0 radical (unpaired) electrons. The zero-order chi connectivity index (χ0) is 13.2. The Balaban J connectivity index is 1.95. The van der Waals surface area contributed by atoms with Crippen LogP contribution in [0.4, 0.5) is 8.78 Å². The Kier molecular flexibility index (Phi) is 3.25. The van der Waals surface area contributed by atoms with Gasteiger partial charge in [0.05, 0.1) is 11.4 Å². The summed E-state index contributed by atoms with van der Waals surface area (Å²) in [6.45, 7) is 1.00. The third-order valence-electron chi connectivity index (χ3n) is 3.40. The van der Waals surface area contributed by atoms with E-state index in [1.807, 2.05) is 18.2 Å². The molecule has 0 unspecified atom stereocenters. The molecule has 3 rings (SSSR count). The number of halogens is 2. The predicted molar refractivity (Wildman–Crippen MR) is 69.6 cm³/mol. The quantitative estimate of drug-likeness (QED) is 0.894. The van der Waals surface area contributed by atoms with Gasteiger partial charge in [-0.25, -0.2) is 8.78 Å². The molecule has 1 aliphatic rings. The normalized spacial score (nSPS) is 18.7. The van der Waals surface area contributed by atoms with Crippen molar-refractivity contribution in [1.82, 2.24) is 10.3 Å². The summed E-state index contributed by atoms with van der Waals surface area (Å²) in [5.41, 5.74) is 2.23. The van der Waals surface area contributed by atoms with Crippen molar-refractivity contribution in [2.45, 2.75) is 18.9 Å². The van der Waals surface area contributed by atoms with Gasteiger partial charge in [0.25, 0.3) is 0 Å². The van der Waals surface area contributed by atoms with Crippen LogP contribution in [0.1, 0.15) is 24.6 Å². The van der Waals surface area contributed by atoms with Crippen molar-refractivity contribution >= 4 is 0 Å². The number of benzene rings is 1. The third-order valence-corrected chi connectivity index (χ3v) is 3.40. The molecular formula is C15H14F2N2. The van der Waals surface area contributed by atoms with Gasteiger partial charge >= 0.3 is 0 Å². The van der Waals surface area contributed by atoms with Gasteiger partial charge in [0.15, 0.2) is 11.6 Å². The predicted octanol–water partition coefficient (Wildman–Crippen LogP) is 3.45. The van der Waals surface area contributed by atoms with Crippen molar-refractivity contribution in [2.24, 2.45) is 0 Å². The smallest absolute Gasteiger partial charge is 0.159 e. The summed E-state index contributed by atoms with van der Waals surface area (Å²) >= 11 is 0. The first-order valence-corrected chi connectivity index (χ1v) is 6.40. The molecule has 1 fully saturated rings. The zero-order valence-electron chi connectivity index (χ0n) is 10.4. The lowest BCUT2D eigenvalue weighted by Gasteiger charge is -2.11. The van der Waals surface area contributed by atoms with Gasteiger partial charge in [-0.15, -0.1) is 0 Å². The Morgan fingerprint density at radius 1 is 1.11 bits per heavy atom. The average Bonchev–Trinajstić information content (AvgIpc) is 2.96. The van der Waals surface area contributed by atoms with E-state index < -0.39 is 11.6 Å². The number of aromatic nitrogens is 1. The molecule has 1 N–H and O–H groups in total. The monoisotopic (exact) mass is 260 g/mol. The van der Waals surface area contributed by atoms with Crippen LogP contribution in [0.25, 0.3) is 11.3 Å². The summed E-state index contributed by atoms with van der Waals surface area (Å²) in [5.74, 6) is -1.68. The lowest BCUT2D eigenvalue weighted by molar-refractivity contribution is 0.509. The van der Waals surface area contributed by atoms with Crippen LogP contribution in [0.15, 0.2) is 36.4 Å². The fourth-order valence-corrected chi connectivity index (χ4v) is 2.40. The van der Waals surface area contributed by atoms with Gasteiger partial charge in [-0.2, -0.15) is 0 Å². The van der Waals surface area contributed by atoms with Crippen LogP contribution in [0.2, 0.25) is 0 Å². The van der Waals surface area contributed by atoms with E-state index in [-0.39, 0.29) is 6.04 Å².